The smallest absolute Gasteiger partial charge is 0.295 e. The molecule has 0 aromatic carbocycles. The molecule has 5 heteroatoms. The summed E-state index contributed by atoms with van der Waals surface area (Å²) in [6, 6.07) is 0. The number of hydrogen-bond acceptors (Lipinski definition) is 5. The van der Waals surface area contributed by atoms with Crippen molar-refractivity contribution in [1.29, 1.82) is 0 Å². The molecule has 0 N–H and O–H groups in total. The molecule has 3 aliphatic heterocycles. The number of carbonyl (C=O) groups is 1. The van der Waals surface area contributed by atoms with Crippen LogP contribution in [-0.2, 0) is 24.0 Å². The number of hydrogen-bond donors (Lipinski definition) is 0. The van der Waals surface area contributed by atoms with Gasteiger partial charge in [-0.15, -0.1) is 0 Å². The third kappa shape index (κ3) is 1.90. The zero-order valence-corrected chi connectivity index (χ0v) is 12.5. The number of rotatable bonds is 3. The van der Waals surface area contributed by atoms with E-state index in [-0.39, 0.29) is 5.92 Å². The highest BCUT2D eigenvalue weighted by Gasteiger charge is 2.65. The second-order valence-electron chi connectivity index (χ2n) is 6.64. The van der Waals surface area contributed by atoms with Crippen LogP contribution in [0.15, 0.2) is 0 Å². The predicted molar refractivity (Wildman–Crippen MR) is 70.2 cm³/mol. The van der Waals surface area contributed by atoms with Gasteiger partial charge in [0, 0.05) is 12.3 Å². The minimum absolute atomic E-state index is 0.288. The molecule has 3 heterocycles. The van der Waals surface area contributed by atoms with Gasteiger partial charge in [0.15, 0.2) is 5.60 Å². The lowest BCUT2D eigenvalue weighted by molar-refractivity contribution is -0.552. The molecule has 114 valence electrons. The Kier molecular flexibility index (Phi) is 3.55. The van der Waals surface area contributed by atoms with E-state index in [1.165, 1.54) is 6.42 Å². The van der Waals surface area contributed by atoms with Gasteiger partial charge in [0.2, 0.25) is 12.1 Å². The molecule has 2 bridgehead atoms. The summed E-state index contributed by atoms with van der Waals surface area (Å²) in [4.78, 5) is 22.4. The normalized spacial score (nSPS) is 51.1. The van der Waals surface area contributed by atoms with Crippen molar-refractivity contribution >= 4 is 6.47 Å². The Morgan fingerprint density at radius 3 is 2.80 bits per heavy atom. The van der Waals surface area contributed by atoms with Crippen LogP contribution in [0.4, 0.5) is 0 Å². The molecule has 4 rings (SSSR count). The molecule has 4 fully saturated rings. The quantitative estimate of drug-likeness (QED) is 0.589. The zero-order valence-electron chi connectivity index (χ0n) is 12.5. The van der Waals surface area contributed by atoms with Crippen LogP contribution in [0.1, 0.15) is 52.9 Å². The summed E-state index contributed by atoms with van der Waals surface area (Å²) in [5.74, 6) is 0.295. The lowest BCUT2D eigenvalue weighted by Gasteiger charge is -2.54. The Morgan fingerprint density at radius 2 is 2.10 bits per heavy atom. The van der Waals surface area contributed by atoms with Crippen molar-refractivity contribution in [2.24, 2.45) is 17.8 Å². The van der Waals surface area contributed by atoms with Gasteiger partial charge in [-0.3, -0.25) is 4.79 Å². The molecule has 1 spiro atoms. The average molecular weight is 284 g/mol. The molecule has 5 nitrogen and oxygen atoms in total. The van der Waals surface area contributed by atoms with Crippen molar-refractivity contribution in [3.63, 3.8) is 0 Å². The molecule has 1 saturated carbocycles. The first-order valence-electron chi connectivity index (χ1n) is 7.69. The molecule has 6 unspecified atom stereocenters. The minimum Gasteiger partial charge on any atom is -0.434 e. The van der Waals surface area contributed by atoms with E-state index in [4.69, 9.17) is 19.2 Å². The molecular formula is C15H24O5. The second-order valence-corrected chi connectivity index (χ2v) is 6.64. The highest BCUT2D eigenvalue weighted by atomic mass is 17.3. The van der Waals surface area contributed by atoms with Gasteiger partial charge >= 0.3 is 0 Å². The lowest BCUT2D eigenvalue weighted by Crippen LogP contribution is -2.64. The largest absolute Gasteiger partial charge is 0.434 e. The molecule has 1 aliphatic carbocycles. The summed E-state index contributed by atoms with van der Waals surface area (Å²) in [5, 5.41) is 0. The van der Waals surface area contributed by atoms with Gasteiger partial charge in [-0.25, -0.2) is 9.78 Å². The van der Waals surface area contributed by atoms with Crippen molar-refractivity contribution in [1.82, 2.24) is 0 Å². The Hall–Kier alpha value is -0.650. The van der Waals surface area contributed by atoms with Gasteiger partial charge in [0.05, 0.1) is 0 Å². The Bertz CT molecular complexity index is 386. The summed E-state index contributed by atoms with van der Waals surface area (Å²) < 4.78 is 11.3. The molecule has 0 amide bonds. The molecule has 6 atom stereocenters. The van der Waals surface area contributed by atoms with E-state index >= 15 is 0 Å². The number of carbonyl (C=O) groups excluding carboxylic acids is 1. The van der Waals surface area contributed by atoms with Gasteiger partial charge in [0.25, 0.3) is 6.47 Å². The van der Waals surface area contributed by atoms with E-state index in [2.05, 4.69) is 13.8 Å². The average Bonchev–Trinajstić information content (AvgIpc) is 2.65. The van der Waals surface area contributed by atoms with Crippen LogP contribution in [-0.4, -0.2) is 24.2 Å². The minimum atomic E-state index is -0.811. The van der Waals surface area contributed by atoms with Gasteiger partial charge in [-0.05, 0) is 38.0 Å². The van der Waals surface area contributed by atoms with E-state index in [0.717, 1.165) is 25.7 Å². The van der Waals surface area contributed by atoms with E-state index in [1.54, 1.807) is 0 Å². The molecule has 0 aromatic rings. The van der Waals surface area contributed by atoms with Crippen molar-refractivity contribution < 1.29 is 24.0 Å². The van der Waals surface area contributed by atoms with Crippen LogP contribution in [0.5, 0.6) is 0 Å². The lowest BCUT2D eigenvalue weighted by atomic mass is 9.61. The summed E-state index contributed by atoms with van der Waals surface area (Å²) >= 11 is 0. The van der Waals surface area contributed by atoms with Crippen LogP contribution >= 0.6 is 0 Å². The Morgan fingerprint density at radius 1 is 1.30 bits per heavy atom. The highest BCUT2D eigenvalue weighted by Crippen LogP contribution is 2.56. The van der Waals surface area contributed by atoms with Gasteiger partial charge in [-0.1, -0.05) is 20.3 Å². The highest BCUT2D eigenvalue weighted by molar-refractivity contribution is 5.37. The first-order chi connectivity index (χ1) is 9.55. The third-order valence-corrected chi connectivity index (χ3v) is 5.54. The maximum atomic E-state index is 10.9. The van der Waals surface area contributed by atoms with Crippen LogP contribution in [0.2, 0.25) is 0 Å². The monoisotopic (exact) mass is 284 g/mol. The molecule has 0 radical (unpaired) electrons. The van der Waals surface area contributed by atoms with Crippen LogP contribution in [0.3, 0.4) is 0 Å². The number of ether oxygens (including phenoxy) is 2. The SMILES string of the molecule is CCC1CCC(C)C2CCC3(C)OOC12C(OC=O)O3. The fraction of sp³-hybridized carbons (Fsp3) is 0.933. The van der Waals surface area contributed by atoms with Gasteiger partial charge < -0.3 is 9.47 Å². The fourth-order valence-corrected chi connectivity index (χ4v) is 4.41. The van der Waals surface area contributed by atoms with Crippen LogP contribution in [0, 0.1) is 17.8 Å². The van der Waals surface area contributed by atoms with E-state index in [0.29, 0.717) is 18.3 Å². The van der Waals surface area contributed by atoms with Crippen molar-refractivity contribution in [2.45, 2.75) is 70.6 Å². The van der Waals surface area contributed by atoms with Crippen LogP contribution < -0.4 is 0 Å². The summed E-state index contributed by atoms with van der Waals surface area (Å²) in [7, 11) is 0. The maximum absolute atomic E-state index is 10.9. The maximum Gasteiger partial charge on any atom is 0.295 e. The first kappa shape index (κ1) is 14.3. The van der Waals surface area contributed by atoms with Crippen molar-refractivity contribution in [3.8, 4) is 0 Å². The first-order valence-corrected chi connectivity index (χ1v) is 7.69. The Labute approximate surface area is 119 Å². The fourth-order valence-electron chi connectivity index (χ4n) is 4.41. The van der Waals surface area contributed by atoms with Crippen molar-refractivity contribution in [3.05, 3.63) is 0 Å². The molecule has 3 saturated heterocycles. The summed E-state index contributed by atoms with van der Waals surface area (Å²) in [5.41, 5.74) is -0.649. The van der Waals surface area contributed by atoms with E-state index < -0.39 is 17.7 Å². The van der Waals surface area contributed by atoms with Gasteiger partial charge in [0.1, 0.15) is 0 Å². The van der Waals surface area contributed by atoms with Crippen molar-refractivity contribution in [2.75, 3.05) is 0 Å². The molecule has 20 heavy (non-hydrogen) atoms. The predicted octanol–water partition coefficient (Wildman–Crippen LogP) is 2.79. The third-order valence-electron chi connectivity index (χ3n) is 5.54. The number of fused-ring (bicyclic) bond motifs is 3. The van der Waals surface area contributed by atoms with Gasteiger partial charge in [-0.2, -0.15) is 0 Å². The topological polar surface area (TPSA) is 54.0 Å². The van der Waals surface area contributed by atoms with Crippen LogP contribution in [0.25, 0.3) is 0 Å². The van der Waals surface area contributed by atoms with E-state index in [1.807, 2.05) is 6.92 Å². The molecule has 0 aromatic heterocycles. The Balaban J connectivity index is 2.04. The molecule has 4 aliphatic rings. The van der Waals surface area contributed by atoms with E-state index in [9.17, 15) is 4.79 Å². The summed E-state index contributed by atoms with van der Waals surface area (Å²) in [6.45, 7) is 6.72. The summed E-state index contributed by atoms with van der Waals surface area (Å²) in [6.07, 6.45) is 4.27. The zero-order chi connectivity index (χ0) is 14.4. The standard InChI is InChI=1S/C15H24O5/c1-4-11-6-5-10(2)12-7-8-14(3)18-13(17-9-16)15(11,12)20-19-14/h9-13H,4-8H2,1-3H3. The second kappa shape index (κ2) is 4.97. The molecular weight excluding hydrogens is 260 g/mol.